The van der Waals surface area contributed by atoms with E-state index in [4.69, 9.17) is 4.99 Å². The van der Waals surface area contributed by atoms with E-state index in [0.29, 0.717) is 12.1 Å². The van der Waals surface area contributed by atoms with Crippen LogP contribution < -0.4 is 15.5 Å². The molecule has 1 aliphatic heterocycles. The van der Waals surface area contributed by atoms with Crippen molar-refractivity contribution in [3.63, 3.8) is 0 Å². The van der Waals surface area contributed by atoms with Crippen molar-refractivity contribution in [2.75, 3.05) is 45.2 Å². The Morgan fingerprint density at radius 2 is 1.96 bits per heavy atom. The summed E-state index contributed by atoms with van der Waals surface area (Å²) in [6.45, 7) is 6.04. The summed E-state index contributed by atoms with van der Waals surface area (Å²) in [5, 5.41) is 7.07. The third-order valence-corrected chi connectivity index (χ3v) is 5.26. The van der Waals surface area contributed by atoms with Crippen LogP contribution in [0.4, 0.5) is 5.69 Å². The van der Waals surface area contributed by atoms with Gasteiger partial charge in [0.25, 0.3) is 0 Å². The third kappa shape index (κ3) is 6.01. The molecule has 3 rings (SSSR count). The maximum atomic E-state index is 4.89. The van der Waals surface area contributed by atoms with Crippen LogP contribution in [0.25, 0.3) is 0 Å². The predicted octanol–water partition coefficient (Wildman–Crippen LogP) is 2.78. The number of nitrogens with zero attached hydrogens (tertiary/aromatic N) is 3. The Morgan fingerprint density at radius 1 is 1.23 bits per heavy atom. The van der Waals surface area contributed by atoms with Gasteiger partial charge >= 0.3 is 0 Å². The number of likely N-dealkylation sites (N-methyl/N-ethyl adjacent to an activating group) is 1. The average molecular weight is 471 g/mol. The van der Waals surface area contributed by atoms with Gasteiger partial charge in [-0.2, -0.15) is 0 Å². The summed E-state index contributed by atoms with van der Waals surface area (Å²) in [6, 6.07) is 11.7. The van der Waals surface area contributed by atoms with Crippen LogP contribution in [-0.4, -0.2) is 63.2 Å². The number of hydrogen-bond acceptors (Lipinski definition) is 3. The van der Waals surface area contributed by atoms with E-state index in [1.165, 1.54) is 18.5 Å². The van der Waals surface area contributed by atoms with E-state index in [-0.39, 0.29) is 24.0 Å². The molecule has 0 radical (unpaired) electrons. The number of nitrogens with one attached hydrogen (secondary N) is 2. The fraction of sp³-hybridized carbons (Fsp3) is 0.650. The lowest BCUT2D eigenvalue weighted by atomic mass is 10.2. The maximum Gasteiger partial charge on any atom is 0.191 e. The van der Waals surface area contributed by atoms with Crippen molar-refractivity contribution >= 4 is 35.6 Å². The summed E-state index contributed by atoms with van der Waals surface area (Å²) < 4.78 is 0. The molecule has 2 N–H and O–H groups in total. The number of halogens is 1. The number of para-hydroxylation sites is 1. The van der Waals surface area contributed by atoms with Crippen LogP contribution in [0.5, 0.6) is 0 Å². The Bertz CT molecular complexity index is 557. The molecule has 1 saturated heterocycles. The second-order valence-corrected chi connectivity index (χ2v) is 7.50. The first-order valence-corrected chi connectivity index (χ1v) is 9.68. The quantitative estimate of drug-likeness (QED) is 0.365. The normalized spacial score (nSPS) is 21.5. The summed E-state index contributed by atoms with van der Waals surface area (Å²) in [5.41, 5.74) is 1.31. The highest BCUT2D eigenvalue weighted by Crippen LogP contribution is 2.34. The van der Waals surface area contributed by atoms with Gasteiger partial charge in [-0.25, -0.2) is 0 Å². The molecule has 26 heavy (non-hydrogen) atoms. The molecular weight excluding hydrogens is 437 g/mol. The van der Waals surface area contributed by atoms with E-state index in [1.54, 1.807) is 0 Å². The van der Waals surface area contributed by atoms with Gasteiger partial charge in [-0.15, -0.1) is 24.0 Å². The first-order chi connectivity index (χ1) is 12.2. The third-order valence-electron chi connectivity index (χ3n) is 5.26. The minimum atomic E-state index is 0. The average Bonchev–Trinajstić information content (AvgIpc) is 3.33. The summed E-state index contributed by atoms with van der Waals surface area (Å²) in [7, 11) is 4.35. The zero-order valence-electron chi connectivity index (χ0n) is 16.3. The molecule has 6 heteroatoms. The molecule has 2 atom stereocenters. The molecular formula is C20H34IN5. The molecule has 1 heterocycles. The Balaban J connectivity index is 0.00000243. The van der Waals surface area contributed by atoms with Crippen LogP contribution in [0.15, 0.2) is 35.3 Å². The largest absolute Gasteiger partial charge is 0.369 e. The van der Waals surface area contributed by atoms with Gasteiger partial charge in [-0.3, -0.25) is 4.99 Å². The van der Waals surface area contributed by atoms with Crippen molar-refractivity contribution in [2.24, 2.45) is 10.9 Å². The van der Waals surface area contributed by atoms with Crippen molar-refractivity contribution in [3.8, 4) is 0 Å². The topological polar surface area (TPSA) is 42.9 Å². The Labute approximate surface area is 175 Å². The predicted molar refractivity (Wildman–Crippen MR) is 122 cm³/mol. The van der Waals surface area contributed by atoms with Crippen molar-refractivity contribution in [2.45, 2.75) is 38.3 Å². The molecule has 2 fully saturated rings. The minimum absolute atomic E-state index is 0. The zero-order valence-corrected chi connectivity index (χ0v) is 18.6. The monoisotopic (exact) mass is 471 g/mol. The lowest BCUT2D eigenvalue weighted by Gasteiger charge is -2.24. The van der Waals surface area contributed by atoms with Crippen molar-refractivity contribution in [1.82, 2.24) is 15.5 Å². The van der Waals surface area contributed by atoms with Gasteiger partial charge in [0.1, 0.15) is 0 Å². The fourth-order valence-electron chi connectivity index (χ4n) is 3.66. The molecule has 2 unspecified atom stereocenters. The number of benzene rings is 1. The van der Waals surface area contributed by atoms with Crippen LogP contribution >= 0.6 is 24.0 Å². The second-order valence-electron chi connectivity index (χ2n) is 7.50. The highest BCUT2D eigenvalue weighted by atomic mass is 127. The first-order valence-electron chi connectivity index (χ1n) is 9.68. The number of aliphatic imine (C=N–C) groups is 1. The zero-order chi connectivity index (χ0) is 17.6. The first kappa shape index (κ1) is 21.3. The molecule has 146 valence electrons. The Kier molecular flexibility index (Phi) is 8.47. The molecule has 1 aliphatic carbocycles. The molecule has 0 spiro atoms. The highest BCUT2D eigenvalue weighted by molar-refractivity contribution is 14.0. The Hall–Kier alpha value is -1.02. The van der Waals surface area contributed by atoms with Gasteiger partial charge in [0.15, 0.2) is 5.96 Å². The highest BCUT2D eigenvalue weighted by Gasteiger charge is 2.32. The SMILES string of the molecule is CCNC(=NCC(C1CC1)N(C)C)NC1CCN(c2ccccc2)C1.I. The molecule has 1 aromatic carbocycles. The van der Waals surface area contributed by atoms with Gasteiger partial charge in [-0.05, 0) is 58.3 Å². The van der Waals surface area contributed by atoms with E-state index in [0.717, 1.165) is 44.5 Å². The van der Waals surface area contributed by atoms with Crippen molar-refractivity contribution in [1.29, 1.82) is 0 Å². The molecule has 0 bridgehead atoms. The lowest BCUT2D eigenvalue weighted by Crippen LogP contribution is -2.45. The van der Waals surface area contributed by atoms with Gasteiger partial charge in [0, 0.05) is 37.4 Å². The number of anilines is 1. The van der Waals surface area contributed by atoms with Gasteiger partial charge in [0.05, 0.1) is 6.54 Å². The van der Waals surface area contributed by atoms with Gasteiger partial charge in [-0.1, -0.05) is 18.2 Å². The van der Waals surface area contributed by atoms with E-state index >= 15 is 0 Å². The van der Waals surface area contributed by atoms with Crippen molar-refractivity contribution in [3.05, 3.63) is 30.3 Å². The van der Waals surface area contributed by atoms with E-state index < -0.39 is 0 Å². The number of hydrogen-bond donors (Lipinski definition) is 2. The minimum Gasteiger partial charge on any atom is -0.369 e. The van der Waals surface area contributed by atoms with Crippen LogP contribution in [0.3, 0.4) is 0 Å². The van der Waals surface area contributed by atoms with E-state index in [9.17, 15) is 0 Å². The fourth-order valence-corrected chi connectivity index (χ4v) is 3.66. The standard InChI is InChI=1S/C20H33N5.HI/c1-4-21-20(22-14-19(24(2)3)16-10-11-16)23-17-12-13-25(15-17)18-8-6-5-7-9-18;/h5-9,16-17,19H,4,10-15H2,1-3H3,(H2,21,22,23);1H. The summed E-state index contributed by atoms with van der Waals surface area (Å²) in [5.74, 6) is 1.80. The molecule has 0 amide bonds. The lowest BCUT2D eigenvalue weighted by molar-refractivity contribution is 0.271. The number of guanidine groups is 1. The van der Waals surface area contributed by atoms with E-state index in [2.05, 4.69) is 71.8 Å². The molecule has 1 aromatic rings. The van der Waals surface area contributed by atoms with Gasteiger partial charge < -0.3 is 20.4 Å². The van der Waals surface area contributed by atoms with Gasteiger partial charge in [0.2, 0.25) is 0 Å². The van der Waals surface area contributed by atoms with Crippen LogP contribution in [-0.2, 0) is 0 Å². The van der Waals surface area contributed by atoms with Crippen LogP contribution in [0.2, 0.25) is 0 Å². The second kappa shape index (κ2) is 10.3. The summed E-state index contributed by atoms with van der Waals surface area (Å²) >= 11 is 0. The van der Waals surface area contributed by atoms with Crippen LogP contribution in [0.1, 0.15) is 26.2 Å². The maximum absolute atomic E-state index is 4.89. The smallest absolute Gasteiger partial charge is 0.191 e. The summed E-state index contributed by atoms with van der Waals surface area (Å²) in [4.78, 5) is 9.68. The van der Waals surface area contributed by atoms with Crippen molar-refractivity contribution < 1.29 is 0 Å². The molecule has 1 saturated carbocycles. The summed E-state index contributed by atoms with van der Waals surface area (Å²) in [6.07, 6.45) is 3.87. The molecule has 5 nitrogen and oxygen atoms in total. The van der Waals surface area contributed by atoms with Crippen LogP contribution in [0, 0.1) is 5.92 Å². The molecule has 0 aromatic heterocycles. The Morgan fingerprint density at radius 3 is 2.58 bits per heavy atom. The molecule has 2 aliphatic rings. The number of rotatable bonds is 7. The van der Waals surface area contributed by atoms with E-state index in [1.807, 2.05) is 0 Å².